The van der Waals surface area contributed by atoms with Crippen molar-refractivity contribution in [2.24, 2.45) is 7.05 Å². The molecule has 6 nitrogen and oxygen atoms in total. The lowest BCUT2D eigenvalue weighted by Crippen LogP contribution is -2.17. The molecule has 1 fully saturated rings. The van der Waals surface area contributed by atoms with Gasteiger partial charge in [-0.05, 0) is 42.9 Å². The smallest absolute Gasteiger partial charge is 0.258 e. The normalized spacial score (nSPS) is 14.1. The van der Waals surface area contributed by atoms with E-state index in [-0.39, 0.29) is 5.91 Å². The molecule has 3 rings (SSSR count). The molecule has 1 saturated carbocycles. The number of aryl methyl sites for hydroxylation is 1. The van der Waals surface area contributed by atoms with Crippen molar-refractivity contribution < 1.29 is 8.98 Å². The summed E-state index contributed by atoms with van der Waals surface area (Å²) < 4.78 is 6.77. The number of carbonyl (C=O) groups is 1. The summed E-state index contributed by atoms with van der Waals surface area (Å²) in [6, 6.07) is 3.92. The van der Waals surface area contributed by atoms with E-state index in [1.807, 2.05) is 19.1 Å². The van der Waals surface area contributed by atoms with Gasteiger partial charge in [0.1, 0.15) is 6.33 Å². The van der Waals surface area contributed by atoms with Gasteiger partial charge in [0.25, 0.3) is 5.91 Å². The zero-order chi connectivity index (χ0) is 15.7. The molecule has 0 radical (unpaired) electrons. The zero-order valence-corrected chi connectivity index (χ0v) is 13.6. The van der Waals surface area contributed by atoms with Crippen LogP contribution in [-0.2, 0) is 11.2 Å². The quantitative estimate of drug-likeness (QED) is 0.859. The molecule has 1 aliphatic carbocycles. The van der Waals surface area contributed by atoms with Crippen LogP contribution in [0.25, 0.3) is 0 Å². The standard InChI is InChI=1S/C15H18N4O2S/c1-9-11(14(20)18-15-16-8-17-19(15)2)6-7-12(10-4-5-10)13(9)22-21-3/h6-8,10H,4-5H2,1-3H3,(H,16,17,18,20). The van der Waals surface area contributed by atoms with Crippen molar-refractivity contribution in [3.8, 4) is 0 Å². The molecule has 7 heteroatoms. The Kier molecular flexibility index (Phi) is 4.17. The minimum atomic E-state index is -0.186. The molecular formula is C15H18N4O2S. The molecule has 0 unspecified atom stereocenters. The van der Waals surface area contributed by atoms with Gasteiger partial charge in [-0.15, -0.1) is 0 Å². The van der Waals surface area contributed by atoms with Crippen molar-refractivity contribution in [2.75, 3.05) is 12.4 Å². The maximum Gasteiger partial charge on any atom is 0.258 e. The molecule has 0 atom stereocenters. The van der Waals surface area contributed by atoms with E-state index >= 15 is 0 Å². The highest BCUT2D eigenvalue weighted by atomic mass is 32.2. The van der Waals surface area contributed by atoms with Crippen molar-refractivity contribution in [2.45, 2.75) is 30.6 Å². The second-order valence-corrected chi connectivity index (χ2v) is 6.25. The van der Waals surface area contributed by atoms with Gasteiger partial charge in [-0.1, -0.05) is 6.07 Å². The molecule has 2 aromatic rings. The molecule has 1 aliphatic rings. The summed E-state index contributed by atoms with van der Waals surface area (Å²) in [6.07, 6.45) is 3.83. The molecule has 1 aromatic heterocycles. The van der Waals surface area contributed by atoms with Crippen LogP contribution >= 0.6 is 12.0 Å². The van der Waals surface area contributed by atoms with Gasteiger partial charge in [0, 0.05) is 29.5 Å². The highest BCUT2D eigenvalue weighted by Gasteiger charge is 2.28. The molecule has 1 heterocycles. The lowest BCUT2D eigenvalue weighted by molar-refractivity contribution is 0.102. The van der Waals surface area contributed by atoms with Crippen LogP contribution in [-0.4, -0.2) is 27.8 Å². The highest BCUT2D eigenvalue weighted by molar-refractivity contribution is 7.94. The van der Waals surface area contributed by atoms with Gasteiger partial charge in [0.05, 0.1) is 7.11 Å². The average Bonchev–Trinajstić information content (AvgIpc) is 3.26. The summed E-state index contributed by atoms with van der Waals surface area (Å²) in [6.45, 7) is 1.96. The summed E-state index contributed by atoms with van der Waals surface area (Å²) in [5.74, 6) is 0.845. The zero-order valence-electron chi connectivity index (χ0n) is 12.8. The summed E-state index contributed by atoms with van der Waals surface area (Å²) in [5.41, 5.74) is 2.85. The Morgan fingerprint density at radius 3 is 2.82 bits per heavy atom. The number of hydrogen-bond donors (Lipinski definition) is 1. The van der Waals surface area contributed by atoms with E-state index in [4.69, 9.17) is 4.18 Å². The first-order valence-electron chi connectivity index (χ1n) is 7.11. The van der Waals surface area contributed by atoms with Gasteiger partial charge in [0.2, 0.25) is 5.95 Å². The van der Waals surface area contributed by atoms with E-state index in [1.54, 1.807) is 14.2 Å². The maximum atomic E-state index is 12.5. The van der Waals surface area contributed by atoms with Crippen molar-refractivity contribution >= 4 is 23.9 Å². The van der Waals surface area contributed by atoms with Crippen molar-refractivity contribution in [1.29, 1.82) is 0 Å². The van der Waals surface area contributed by atoms with Crippen LogP contribution < -0.4 is 5.32 Å². The lowest BCUT2D eigenvalue weighted by Gasteiger charge is -2.14. The predicted molar refractivity (Wildman–Crippen MR) is 85.0 cm³/mol. The monoisotopic (exact) mass is 318 g/mol. The summed E-state index contributed by atoms with van der Waals surface area (Å²) >= 11 is 1.33. The molecule has 1 aromatic carbocycles. The average molecular weight is 318 g/mol. The van der Waals surface area contributed by atoms with Gasteiger partial charge >= 0.3 is 0 Å². The van der Waals surface area contributed by atoms with E-state index < -0.39 is 0 Å². The molecule has 22 heavy (non-hydrogen) atoms. The fourth-order valence-corrected chi connectivity index (χ4v) is 3.18. The minimum Gasteiger partial charge on any atom is -0.314 e. The molecule has 1 N–H and O–H groups in total. The fraction of sp³-hybridized carbons (Fsp3) is 0.400. The van der Waals surface area contributed by atoms with E-state index in [2.05, 4.69) is 15.4 Å². The third kappa shape index (κ3) is 2.86. The second kappa shape index (κ2) is 6.10. The van der Waals surface area contributed by atoms with E-state index in [1.165, 1.54) is 41.5 Å². The van der Waals surface area contributed by atoms with E-state index in [0.29, 0.717) is 17.4 Å². The topological polar surface area (TPSA) is 69.0 Å². The Balaban J connectivity index is 1.91. The maximum absolute atomic E-state index is 12.5. The Morgan fingerprint density at radius 2 is 2.23 bits per heavy atom. The minimum absolute atomic E-state index is 0.186. The first kappa shape index (κ1) is 15.1. The summed E-state index contributed by atoms with van der Waals surface area (Å²) in [4.78, 5) is 17.6. The van der Waals surface area contributed by atoms with Gasteiger partial charge in [0.15, 0.2) is 0 Å². The highest BCUT2D eigenvalue weighted by Crippen LogP contribution is 2.45. The van der Waals surface area contributed by atoms with Gasteiger partial charge in [-0.25, -0.2) is 4.68 Å². The molecule has 0 bridgehead atoms. The molecule has 0 spiro atoms. The third-order valence-corrected chi connectivity index (χ3v) is 4.68. The number of nitrogens with one attached hydrogen (secondary N) is 1. The van der Waals surface area contributed by atoms with Crippen LogP contribution in [0.4, 0.5) is 5.95 Å². The Labute approximate surface area is 133 Å². The molecule has 0 saturated heterocycles. The van der Waals surface area contributed by atoms with Crippen LogP contribution in [0.1, 0.15) is 40.2 Å². The van der Waals surface area contributed by atoms with Crippen LogP contribution in [0.3, 0.4) is 0 Å². The van der Waals surface area contributed by atoms with Crippen LogP contribution in [0.2, 0.25) is 0 Å². The number of nitrogens with zero attached hydrogens (tertiary/aromatic N) is 3. The molecule has 0 aliphatic heterocycles. The summed E-state index contributed by atoms with van der Waals surface area (Å²) in [5, 5.41) is 6.73. The predicted octanol–water partition coefficient (Wildman–Crippen LogP) is 2.91. The van der Waals surface area contributed by atoms with Gasteiger partial charge in [-0.2, -0.15) is 10.1 Å². The lowest BCUT2D eigenvalue weighted by atomic mass is 10.0. The van der Waals surface area contributed by atoms with E-state index in [0.717, 1.165) is 10.5 Å². The van der Waals surface area contributed by atoms with Crippen LogP contribution in [0.5, 0.6) is 0 Å². The number of benzene rings is 1. The number of amides is 1. The Bertz CT molecular complexity index is 710. The largest absolute Gasteiger partial charge is 0.314 e. The number of carbonyl (C=O) groups excluding carboxylic acids is 1. The fourth-order valence-electron chi connectivity index (χ4n) is 2.45. The van der Waals surface area contributed by atoms with Gasteiger partial charge in [-0.3, -0.25) is 10.1 Å². The first-order chi connectivity index (χ1) is 10.6. The van der Waals surface area contributed by atoms with Crippen LogP contribution in [0, 0.1) is 6.92 Å². The first-order valence-corrected chi connectivity index (χ1v) is 7.85. The SMILES string of the molecule is COSc1c(C2CC2)ccc(C(=O)Nc2ncnn2C)c1C. The van der Waals surface area contributed by atoms with Crippen molar-refractivity contribution in [3.05, 3.63) is 35.2 Å². The third-order valence-electron chi connectivity index (χ3n) is 3.80. The van der Waals surface area contributed by atoms with Gasteiger partial charge < -0.3 is 4.18 Å². The second-order valence-electron chi connectivity index (χ2n) is 5.34. The number of rotatable bonds is 5. The number of anilines is 1. The Morgan fingerprint density at radius 1 is 1.45 bits per heavy atom. The van der Waals surface area contributed by atoms with Crippen LogP contribution in [0.15, 0.2) is 23.4 Å². The number of hydrogen-bond acceptors (Lipinski definition) is 5. The number of aromatic nitrogens is 3. The molecule has 1 amide bonds. The van der Waals surface area contributed by atoms with E-state index in [9.17, 15) is 4.79 Å². The summed E-state index contributed by atoms with van der Waals surface area (Å²) in [7, 11) is 3.38. The van der Waals surface area contributed by atoms with Crippen molar-refractivity contribution in [1.82, 2.24) is 14.8 Å². The Hall–Kier alpha value is -1.86. The van der Waals surface area contributed by atoms with Crippen molar-refractivity contribution in [3.63, 3.8) is 0 Å². The molecule has 116 valence electrons. The molecular weight excluding hydrogens is 300 g/mol.